The fraction of sp³-hybridized carbons (Fsp3) is 0.318. The van der Waals surface area contributed by atoms with Gasteiger partial charge in [0.05, 0.1) is 5.69 Å². The number of benzene rings is 1. The highest BCUT2D eigenvalue weighted by Crippen LogP contribution is 2.28. The summed E-state index contributed by atoms with van der Waals surface area (Å²) in [5.74, 6) is 1.56. The fourth-order valence-electron chi connectivity index (χ4n) is 3.61. The quantitative estimate of drug-likeness (QED) is 0.625. The van der Waals surface area contributed by atoms with Crippen LogP contribution in [-0.2, 0) is 0 Å². The number of nitrogens with zero attached hydrogens (tertiary/aromatic N) is 4. The van der Waals surface area contributed by atoms with E-state index >= 15 is 0 Å². The van der Waals surface area contributed by atoms with E-state index in [0.717, 1.165) is 48.6 Å². The second-order valence-electron chi connectivity index (χ2n) is 7.29. The van der Waals surface area contributed by atoms with Crippen LogP contribution in [0.4, 0.5) is 5.82 Å². The van der Waals surface area contributed by atoms with E-state index < -0.39 is 6.23 Å². The topological polar surface area (TPSA) is 74.2 Å². The predicted octanol–water partition coefficient (Wildman–Crippen LogP) is 3.76. The van der Waals surface area contributed by atoms with Crippen LogP contribution in [0.2, 0.25) is 5.02 Å². The van der Waals surface area contributed by atoms with Crippen LogP contribution in [-0.4, -0.2) is 45.4 Å². The molecule has 1 aromatic carbocycles. The van der Waals surface area contributed by atoms with Crippen molar-refractivity contribution < 1.29 is 5.11 Å². The number of nitrogens with one attached hydrogen (secondary N) is 1. The molecule has 0 bridgehead atoms. The Bertz CT molecular complexity index is 941. The number of aliphatic hydroxyl groups excluding tert-OH is 1. The number of anilines is 1. The zero-order chi connectivity index (χ0) is 20.2. The number of aliphatic hydroxyl groups is 1. The van der Waals surface area contributed by atoms with Gasteiger partial charge in [0.2, 0.25) is 0 Å². The van der Waals surface area contributed by atoms with Crippen LogP contribution in [0.1, 0.15) is 19.8 Å². The number of pyridine rings is 1. The Labute approximate surface area is 175 Å². The molecule has 29 heavy (non-hydrogen) atoms. The maximum atomic E-state index is 9.57. The van der Waals surface area contributed by atoms with Crippen LogP contribution in [0, 0.1) is 0 Å². The molecule has 0 saturated carbocycles. The Morgan fingerprint density at radius 3 is 2.52 bits per heavy atom. The molecule has 1 aliphatic heterocycles. The summed E-state index contributed by atoms with van der Waals surface area (Å²) >= 11 is 6.06. The monoisotopic (exact) mass is 409 g/mol. The minimum absolute atomic E-state index is 0.321. The Kier molecular flexibility index (Phi) is 6.04. The molecule has 0 radical (unpaired) electrons. The van der Waals surface area contributed by atoms with Crippen LogP contribution >= 0.6 is 11.6 Å². The molecule has 150 valence electrons. The highest BCUT2D eigenvalue weighted by Gasteiger charge is 2.22. The number of hydrogen-bond donors (Lipinski definition) is 2. The van der Waals surface area contributed by atoms with Crippen LogP contribution in [0.25, 0.3) is 22.6 Å². The van der Waals surface area contributed by atoms with Crippen molar-refractivity contribution >= 4 is 17.4 Å². The van der Waals surface area contributed by atoms with Gasteiger partial charge >= 0.3 is 0 Å². The highest BCUT2D eigenvalue weighted by atomic mass is 35.5. The molecule has 6 nitrogen and oxygen atoms in total. The highest BCUT2D eigenvalue weighted by molar-refractivity contribution is 6.30. The molecule has 2 aromatic heterocycles. The molecule has 4 rings (SSSR count). The summed E-state index contributed by atoms with van der Waals surface area (Å²) in [7, 11) is 0. The third kappa shape index (κ3) is 4.90. The molecular formula is C22H24ClN5O. The van der Waals surface area contributed by atoms with E-state index in [0.29, 0.717) is 16.9 Å². The van der Waals surface area contributed by atoms with E-state index in [1.807, 2.05) is 42.5 Å². The van der Waals surface area contributed by atoms with E-state index in [2.05, 4.69) is 15.2 Å². The first kappa shape index (κ1) is 19.8. The number of piperidine rings is 1. The van der Waals surface area contributed by atoms with Gasteiger partial charge in [0.15, 0.2) is 5.82 Å². The smallest absolute Gasteiger partial charge is 0.163 e. The fourth-order valence-corrected chi connectivity index (χ4v) is 3.73. The first-order valence-electron chi connectivity index (χ1n) is 9.83. The standard InChI is InChI=1S/C22H24ClN5O/c1-15(29)25-19-8-11-28(12-9-19)21-13-20(16-4-6-18(23)7-5-16)26-22(27-21)17-3-2-10-24-14-17/h2-7,10,13-15,19,25,29H,8-9,11-12H2,1H3. The van der Waals surface area contributed by atoms with Gasteiger partial charge in [-0.05, 0) is 44.0 Å². The van der Waals surface area contributed by atoms with Crippen molar-refractivity contribution in [2.75, 3.05) is 18.0 Å². The minimum Gasteiger partial charge on any atom is -0.379 e. The summed E-state index contributed by atoms with van der Waals surface area (Å²) in [4.78, 5) is 16.1. The van der Waals surface area contributed by atoms with E-state index in [-0.39, 0.29) is 0 Å². The Morgan fingerprint density at radius 1 is 1.10 bits per heavy atom. The van der Waals surface area contributed by atoms with Gasteiger partial charge in [0.1, 0.15) is 12.0 Å². The summed E-state index contributed by atoms with van der Waals surface area (Å²) in [6.07, 6.45) is 4.94. The molecule has 1 fully saturated rings. The van der Waals surface area contributed by atoms with Gasteiger partial charge in [-0.3, -0.25) is 10.3 Å². The normalized spacial score (nSPS) is 16.0. The van der Waals surface area contributed by atoms with E-state index in [1.165, 1.54) is 0 Å². The molecule has 2 N–H and O–H groups in total. The Hall–Kier alpha value is -2.54. The lowest BCUT2D eigenvalue weighted by molar-refractivity contribution is 0.134. The van der Waals surface area contributed by atoms with Gasteiger partial charge in [0.25, 0.3) is 0 Å². The van der Waals surface area contributed by atoms with E-state index in [9.17, 15) is 5.11 Å². The van der Waals surface area contributed by atoms with Crippen LogP contribution < -0.4 is 10.2 Å². The zero-order valence-corrected chi connectivity index (χ0v) is 17.0. The molecule has 1 unspecified atom stereocenters. The lowest BCUT2D eigenvalue weighted by Crippen LogP contribution is -2.45. The van der Waals surface area contributed by atoms with Crippen LogP contribution in [0.5, 0.6) is 0 Å². The largest absolute Gasteiger partial charge is 0.379 e. The summed E-state index contributed by atoms with van der Waals surface area (Å²) in [5, 5.41) is 13.5. The summed E-state index contributed by atoms with van der Waals surface area (Å²) in [6.45, 7) is 3.50. The number of hydrogen-bond acceptors (Lipinski definition) is 6. The predicted molar refractivity (Wildman–Crippen MR) is 116 cm³/mol. The molecule has 3 aromatic rings. The summed E-state index contributed by atoms with van der Waals surface area (Å²) in [6, 6.07) is 13.9. The van der Waals surface area contributed by atoms with Gasteiger partial charge in [-0.15, -0.1) is 0 Å². The van der Waals surface area contributed by atoms with Gasteiger partial charge in [-0.1, -0.05) is 23.7 Å². The second-order valence-corrected chi connectivity index (χ2v) is 7.72. The molecule has 0 spiro atoms. The average molecular weight is 410 g/mol. The van der Waals surface area contributed by atoms with Crippen molar-refractivity contribution in [3.05, 3.63) is 59.9 Å². The van der Waals surface area contributed by atoms with Crippen LogP contribution in [0.15, 0.2) is 54.9 Å². The van der Waals surface area contributed by atoms with Crippen molar-refractivity contribution in [1.82, 2.24) is 20.3 Å². The molecule has 7 heteroatoms. The van der Waals surface area contributed by atoms with Gasteiger partial charge < -0.3 is 10.0 Å². The third-order valence-corrected chi connectivity index (χ3v) is 5.32. The van der Waals surface area contributed by atoms with E-state index in [1.54, 1.807) is 19.3 Å². The van der Waals surface area contributed by atoms with Gasteiger partial charge in [-0.25, -0.2) is 9.97 Å². The van der Waals surface area contributed by atoms with Crippen molar-refractivity contribution in [2.45, 2.75) is 32.0 Å². The zero-order valence-electron chi connectivity index (χ0n) is 16.3. The van der Waals surface area contributed by atoms with E-state index in [4.69, 9.17) is 21.6 Å². The van der Waals surface area contributed by atoms with Gasteiger partial charge in [0, 0.05) is 53.7 Å². The number of halogens is 1. The first-order valence-corrected chi connectivity index (χ1v) is 10.2. The Balaban J connectivity index is 1.66. The number of aromatic nitrogens is 3. The van der Waals surface area contributed by atoms with Crippen molar-refractivity contribution in [2.24, 2.45) is 0 Å². The second kappa shape index (κ2) is 8.86. The molecular weight excluding hydrogens is 386 g/mol. The third-order valence-electron chi connectivity index (χ3n) is 5.07. The number of rotatable bonds is 5. The van der Waals surface area contributed by atoms with Crippen molar-refractivity contribution in [1.29, 1.82) is 0 Å². The molecule has 1 saturated heterocycles. The maximum absolute atomic E-state index is 9.57. The lowest BCUT2D eigenvalue weighted by Gasteiger charge is -2.34. The first-order chi connectivity index (χ1) is 14.1. The van der Waals surface area contributed by atoms with Gasteiger partial charge in [-0.2, -0.15) is 0 Å². The minimum atomic E-state index is -0.487. The molecule has 1 aliphatic rings. The molecule has 0 aliphatic carbocycles. The van der Waals surface area contributed by atoms with Crippen molar-refractivity contribution in [3.63, 3.8) is 0 Å². The van der Waals surface area contributed by atoms with Crippen molar-refractivity contribution in [3.8, 4) is 22.6 Å². The molecule has 0 amide bonds. The Morgan fingerprint density at radius 2 is 1.86 bits per heavy atom. The summed E-state index contributed by atoms with van der Waals surface area (Å²) < 4.78 is 0. The maximum Gasteiger partial charge on any atom is 0.163 e. The average Bonchev–Trinajstić information content (AvgIpc) is 2.75. The summed E-state index contributed by atoms with van der Waals surface area (Å²) in [5.41, 5.74) is 2.74. The molecule has 1 atom stereocenters. The lowest BCUT2D eigenvalue weighted by atomic mass is 10.0. The van der Waals surface area contributed by atoms with Crippen LogP contribution in [0.3, 0.4) is 0 Å². The SMILES string of the molecule is CC(O)NC1CCN(c2cc(-c3ccc(Cl)cc3)nc(-c3cccnc3)n2)CC1. The molecule has 3 heterocycles.